The van der Waals surface area contributed by atoms with Crippen LogP contribution in [0.2, 0.25) is 0 Å². The van der Waals surface area contributed by atoms with E-state index in [1.807, 2.05) is 12.1 Å². The van der Waals surface area contributed by atoms with Gasteiger partial charge in [0.15, 0.2) is 0 Å². The molecular formula is C8H7BrClN. The first-order valence-electron chi connectivity index (χ1n) is 3.53. The molecule has 1 aliphatic carbocycles. The molecule has 58 valence electrons. The lowest BCUT2D eigenvalue weighted by molar-refractivity contribution is 1.10. The van der Waals surface area contributed by atoms with Crippen LogP contribution in [0.25, 0.3) is 0 Å². The molecule has 2 atom stereocenters. The van der Waals surface area contributed by atoms with Crippen molar-refractivity contribution in [3.63, 3.8) is 0 Å². The first-order chi connectivity index (χ1) is 5.27. The molecule has 1 saturated carbocycles. The van der Waals surface area contributed by atoms with E-state index in [2.05, 4.69) is 20.9 Å². The monoisotopic (exact) mass is 231 g/mol. The highest BCUT2D eigenvalue weighted by Gasteiger charge is 2.36. The average molecular weight is 233 g/mol. The molecule has 0 N–H and O–H groups in total. The summed E-state index contributed by atoms with van der Waals surface area (Å²) in [6, 6.07) is 4.06. The number of hydrogen-bond acceptors (Lipinski definition) is 1. The van der Waals surface area contributed by atoms with Crippen LogP contribution in [0.5, 0.6) is 0 Å². The van der Waals surface area contributed by atoms with Gasteiger partial charge in [0.1, 0.15) is 4.60 Å². The number of aromatic nitrogens is 1. The summed E-state index contributed by atoms with van der Waals surface area (Å²) in [5, 5.41) is 0.351. The van der Waals surface area contributed by atoms with Gasteiger partial charge in [-0.25, -0.2) is 4.98 Å². The lowest BCUT2D eigenvalue weighted by Gasteiger charge is -1.96. The maximum atomic E-state index is 5.90. The molecule has 0 aromatic carbocycles. The summed E-state index contributed by atoms with van der Waals surface area (Å²) in [6.07, 6.45) is 2.92. The van der Waals surface area contributed by atoms with Crippen molar-refractivity contribution in [2.45, 2.75) is 17.7 Å². The minimum absolute atomic E-state index is 0.351. The van der Waals surface area contributed by atoms with Crippen LogP contribution in [-0.2, 0) is 0 Å². The van der Waals surface area contributed by atoms with Crippen LogP contribution in [0, 0.1) is 0 Å². The van der Waals surface area contributed by atoms with E-state index in [9.17, 15) is 0 Å². The summed E-state index contributed by atoms with van der Waals surface area (Å²) in [5.74, 6) is 0.566. The Labute approximate surface area is 78.9 Å². The van der Waals surface area contributed by atoms with E-state index in [1.165, 1.54) is 5.56 Å². The highest BCUT2D eigenvalue weighted by atomic mass is 79.9. The molecule has 1 nitrogen and oxygen atoms in total. The normalized spacial score (nSPS) is 28.5. The minimum atomic E-state index is 0.351. The lowest BCUT2D eigenvalue weighted by Crippen LogP contribution is -1.83. The van der Waals surface area contributed by atoms with Crippen molar-refractivity contribution < 1.29 is 0 Å². The van der Waals surface area contributed by atoms with Crippen molar-refractivity contribution in [3.05, 3.63) is 28.5 Å². The van der Waals surface area contributed by atoms with Gasteiger partial charge >= 0.3 is 0 Å². The fourth-order valence-corrected chi connectivity index (χ4v) is 1.88. The zero-order valence-corrected chi connectivity index (χ0v) is 8.14. The highest BCUT2D eigenvalue weighted by molar-refractivity contribution is 9.10. The number of rotatable bonds is 1. The van der Waals surface area contributed by atoms with Crippen molar-refractivity contribution >= 4 is 27.5 Å². The van der Waals surface area contributed by atoms with E-state index in [-0.39, 0.29) is 0 Å². The Morgan fingerprint density at radius 1 is 1.64 bits per heavy atom. The van der Waals surface area contributed by atoms with Gasteiger partial charge in [-0.2, -0.15) is 0 Å². The van der Waals surface area contributed by atoms with Crippen LogP contribution in [-0.4, -0.2) is 10.4 Å². The number of hydrogen-bond donors (Lipinski definition) is 0. The van der Waals surface area contributed by atoms with Gasteiger partial charge in [0, 0.05) is 17.5 Å². The average Bonchev–Trinajstić information content (AvgIpc) is 2.67. The SMILES string of the molecule is ClC1CC1c1ccnc(Br)c1. The summed E-state index contributed by atoms with van der Waals surface area (Å²) in [4.78, 5) is 4.05. The molecule has 0 amide bonds. The van der Waals surface area contributed by atoms with Gasteiger partial charge in [0.2, 0.25) is 0 Å². The Hall–Kier alpha value is -0.0800. The van der Waals surface area contributed by atoms with Gasteiger partial charge in [-0.3, -0.25) is 0 Å². The molecule has 11 heavy (non-hydrogen) atoms. The van der Waals surface area contributed by atoms with Crippen molar-refractivity contribution in [3.8, 4) is 0 Å². The highest BCUT2D eigenvalue weighted by Crippen LogP contribution is 2.45. The Morgan fingerprint density at radius 3 is 2.91 bits per heavy atom. The van der Waals surface area contributed by atoms with Crippen LogP contribution in [0.15, 0.2) is 22.9 Å². The number of alkyl halides is 1. The molecule has 0 saturated heterocycles. The maximum Gasteiger partial charge on any atom is 0.106 e. The number of halogens is 2. The van der Waals surface area contributed by atoms with Gasteiger partial charge in [-0.1, -0.05) is 0 Å². The van der Waals surface area contributed by atoms with Gasteiger partial charge in [0.25, 0.3) is 0 Å². The Balaban J connectivity index is 2.25. The summed E-state index contributed by atoms with van der Waals surface area (Å²) in [7, 11) is 0. The van der Waals surface area contributed by atoms with Gasteiger partial charge in [-0.05, 0) is 40.0 Å². The van der Waals surface area contributed by atoms with Crippen molar-refractivity contribution in [1.82, 2.24) is 4.98 Å². The largest absolute Gasteiger partial charge is 0.249 e. The molecule has 2 rings (SSSR count). The lowest BCUT2D eigenvalue weighted by atomic mass is 10.2. The van der Waals surface area contributed by atoms with Crippen molar-refractivity contribution in [2.75, 3.05) is 0 Å². The third-order valence-corrected chi connectivity index (χ3v) is 2.81. The number of pyridine rings is 1. The summed E-state index contributed by atoms with van der Waals surface area (Å²) in [6.45, 7) is 0. The standard InChI is InChI=1S/C8H7BrClN/c9-8-3-5(1-2-11-8)6-4-7(6)10/h1-3,6-7H,4H2. The van der Waals surface area contributed by atoms with Crippen LogP contribution in [0.4, 0.5) is 0 Å². The Kier molecular flexibility index (Phi) is 1.90. The molecule has 1 aliphatic rings. The van der Waals surface area contributed by atoms with Gasteiger partial charge < -0.3 is 0 Å². The van der Waals surface area contributed by atoms with E-state index in [1.54, 1.807) is 6.20 Å². The Bertz CT molecular complexity index is 277. The number of nitrogens with zero attached hydrogens (tertiary/aromatic N) is 1. The van der Waals surface area contributed by atoms with E-state index in [4.69, 9.17) is 11.6 Å². The van der Waals surface area contributed by atoms with E-state index >= 15 is 0 Å². The molecule has 1 heterocycles. The summed E-state index contributed by atoms with van der Waals surface area (Å²) < 4.78 is 0.894. The van der Waals surface area contributed by atoms with E-state index < -0.39 is 0 Å². The molecule has 2 unspecified atom stereocenters. The minimum Gasteiger partial charge on any atom is -0.249 e. The smallest absolute Gasteiger partial charge is 0.106 e. The fourth-order valence-electron chi connectivity index (χ4n) is 1.16. The zero-order chi connectivity index (χ0) is 7.84. The predicted molar refractivity (Wildman–Crippen MR) is 48.9 cm³/mol. The third-order valence-electron chi connectivity index (χ3n) is 1.89. The second-order valence-electron chi connectivity index (χ2n) is 2.77. The third kappa shape index (κ3) is 1.57. The topological polar surface area (TPSA) is 12.9 Å². The fraction of sp³-hybridized carbons (Fsp3) is 0.375. The molecule has 3 heteroatoms. The second-order valence-corrected chi connectivity index (χ2v) is 4.14. The molecule has 1 aromatic heterocycles. The zero-order valence-electron chi connectivity index (χ0n) is 5.80. The molecule has 0 aliphatic heterocycles. The maximum absolute atomic E-state index is 5.90. The van der Waals surface area contributed by atoms with Crippen LogP contribution >= 0.6 is 27.5 Å². The molecule has 1 aromatic rings. The predicted octanol–water partition coefficient (Wildman–Crippen LogP) is 2.94. The van der Waals surface area contributed by atoms with E-state index in [0.29, 0.717) is 11.3 Å². The van der Waals surface area contributed by atoms with Gasteiger partial charge in [-0.15, -0.1) is 11.6 Å². The van der Waals surface area contributed by atoms with Crippen LogP contribution in [0.1, 0.15) is 17.9 Å². The molecule has 0 spiro atoms. The Morgan fingerprint density at radius 2 is 2.36 bits per heavy atom. The second kappa shape index (κ2) is 2.76. The van der Waals surface area contributed by atoms with Gasteiger partial charge in [0.05, 0.1) is 0 Å². The molecular weight excluding hydrogens is 225 g/mol. The van der Waals surface area contributed by atoms with Crippen LogP contribution in [0.3, 0.4) is 0 Å². The first-order valence-corrected chi connectivity index (χ1v) is 4.76. The summed E-state index contributed by atoms with van der Waals surface area (Å²) >= 11 is 9.23. The van der Waals surface area contributed by atoms with Crippen molar-refractivity contribution in [2.24, 2.45) is 0 Å². The first kappa shape index (κ1) is 7.56. The molecule has 0 radical (unpaired) electrons. The molecule has 1 fully saturated rings. The van der Waals surface area contributed by atoms with Crippen LogP contribution < -0.4 is 0 Å². The quantitative estimate of drug-likeness (QED) is 0.536. The summed E-state index contributed by atoms with van der Waals surface area (Å²) in [5.41, 5.74) is 1.30. The molecule has 0 bridgehead atoms. The van der Waals surface area contributed by atoms with E-state index in [0.717, 1.165) is 11.0 Å². The van der Waals surface area contributed by atoms with Crippen molar-refractivity contribution in [1.29, 1.82) is 0 Å².